The molecule has 0 radical (unpaired) electrons. The first kappa shape index (κ1) is 12.9. The van der Waals surface area contributed by atoms with E-state index in [9.17, 15) is 13.2 Å². The van der Waals surface area contributed by atoms with Crippen LogP contribution < -0.4 is 0 Å². The Hall–Kier alpha value is -0.510. The van der Waals surface area contributed by atoms with Crippen molar-refractivity contribution in [3.63, 3.8) is 0 Å². The van der Waals surface area contributed by atoms with Gasteiger partial charge in [-0.15, -0.1) is 0 Å². The van der Waals surface area contributed by atoms with Crippen LogP contribution in [0.15, 0.2) is 18.2 Å². The van der Waals surface area contributed by atoms with Crippen LogP contribution in [0.2, 0.25) is 0 Å². The fourth-order valence-electron chi connectivity index (χ4n) is 2.27. The van der Waals surface area contributed by atoms with Gasteiger partial charge in [0, 0.05) is 4.83 Å². The predicted molar refractivity (Wildman–Crippen MR) is 65.4 cm³/mol. The summed E-state index contributed by atoms with van der Waals surface area (Å²) in [5.41, 5.74) is 3.26. The third-order valence-corrected chi connectivity index (χ3v) is 4.00. The lowest BCUT2D eigenvalue weighted by atomic mass is 9.90. The molecule has 0 saturated carbocycles. The maximum absolute atomic E-state index is 12.3. The Morgan fingerprint density at radius 3 is 2.41 bits per heavy atom. The van der Waals surface area contributed by atoms with E-state index < -0.39 is 17.4 Å². The second-order valence-electron chi connectivity index (χ2n) is 4.52. The van der Waals surface area contributed by atoms with Crippen LogP contribution in [0.4, 0.5) is 13.2 Å². The van der Waals surface area contributed by atoms with Crippen molar-refractivity contribution in [1.29, 1.82) is 0 Å². The molecular formula is C13H14BrF3. The molecule has 0 spiro atoms. The van der Waals surface area contributed by atoms with Crippen molar-refractivity contribution in [3.8, 4) is 0 Å². The van der Waals surface area contributed by atoms with E-state index in [4.69, 9.17) is 0 Å². The summed E-state index contributed by atoms with van der Waals surface area (Å²) >= 11 is 3.13. The van der Waals surface area contributed by atoms with Gasteiger partial charge in [-0.05, 0) is 42.4 Å². The Bertz CT molecular complexity index is 398. The first-order valence-corrected chi connectivity index (χ1v) is 6.70. The third-order valence-electron chi connectivity index (χ3n) is 3.14. The molecule has 0 heterocycles. The van der Waals surface area contributed by atoms with Crippen LogP contribution in [-0.2, 0) is 12.8 Å². The van der Waals surface area contributed by atoms with E-state index in [2.05, 4.69) is 15.9 Å². The van der Waals surface area contributed by atoms with E-state index in [1.807, 2.05) is 18.2 Å². The number of alkyl halides is 4. The van der Waals surface area contributed by atoms with E-state index in [0.29, 0.717) is 0 Å². The van der Waals surface area contributed by atoms with Crippen LogP contribution in [0, 0.1) is 0 Å². The molecule has 0 aromatic heterocycles. The van der Waals surface area contributed by atoms with Crippen molar-refractivity contribution >= 4 is 15.9 Å². The number of benzene rings is 1. The summed E-state index contributed by atoms with van der Waals surface area (Å²) in [6.45, 7) is 0. The second kappa shape index (κ2) is 5.01. The molecule has 0 saturated heterocycles. The SMILES string of the molecule is FC(F)(F)CC(Br)c1ccc2c(c1)CCCC2. The summed E-state index contributed by atoms with van der Waals surface area (Å²) in [7, 11) is 0. The van der Waals surface area contributed by atoms with Crippen molar-refractivity contribution in [1.82, 2.24) is 0 Å². The molecule has 0 bridgehead atoms. The minimum absolute atomic E-state index is 0.630. The fraction of sp³-hybridized carbons (Fsp3) is 0.538. The number of rotatable bonds is 2. The minimum Gasteiger partial charge on any atom is -0.171 e. The number of fused-ring (bicyclic) bond motifs is 1. The predicted octanol–water partition coefficient (Wildman–Crippen LogP) is 4.95. The molecule has 17 heavy (non-hydrogen) atoms. The average molecular weight is 307 g/mol. The Labute approximate surface area is 107 Å². The van der Waals surface area contributed by atoms with E-state index in [-0.39, 0.29) is 0 Å². The number of aryl methyl sites for hydroxylation is 2. The quantitative estimate of drug-likeness (QED) is 0.678. The van der Waals surface area contributed by atoms with Crippen molar-refractivity contribution in [3.05, 3.63) is 34.9 Å². The van der Waals surface area contributed by atoms with Gasteiger partial charge in [0.1, 0.15) is 0 Å². The van der Waals surface area contributed by atoms with Crippen LogP contribution in [0.1, 0.15) is 40.8 Å². The molecule has 94 valence electrons. The highest BCUT2D eigenvalue weighted by atomic mass is 79.9. The van der Waals surface area contributed by atoms with Gasteiger partial charge in [-0.1, -0.05) is 34.1 Å². The summed E-state index contributed by atoms with van der Waals surface area (Å²) in [4.78, 5) is -0.630. The lowest BCUT2D eigenvalue weighted by Gasteiger charge is -2.19. The molecule has 1 aliphatic carbocycles. The van der Waals surface area contributed by atoms with Gasteiger partial charge in [0.05, 0.1) is 6.42 Å². The van der Waals surface area contributed by atoms with Crippen LogP contribution in [0.3, 0.4) is 0 Å². The summed E-state index contributed by atoms with van der Waals surface area (Å²) in [6.07, 6.45) is -0.554. The lowest BCUT2D eigenvalue weighted by Crippen LogP contribution is -2.11. The molecule has 0 fully saturated rings. The molecule has 1 aliphatic rings. The Balaban J connectivity index is 2.16. The summed E-state index contributed by atoms with van der Waals surface area (Å²) in [5.74, 6) is 0. The van der Waals surface area contributed by atoms with Crippen LogP contribution in [0.5, 0.6) is 0 Å². The highest BCUT2D eigenvalue weighted by Gasteiger charge is 2.31. The molecular weight excluding hydrogens is 293 g/mol. The maximum Gasteiger partial charge on any atom is 0.390 e. The van der Waals surface area contributed by atoms with Crippen LogP contribution in [-0.4, -0.2) is 6.18 Å². The highest BCUT2D eigenvalue weighted by Crippen LogP contribution is 2.36. The van der Waals surface area contributed by atoms with Gasteiger partial charge >= 0.3 is 6.18 Å². The van der Waals surface area contributed by atoms with Gasteiger partial charge in [0.15, 0.2) is 0 Å². The van der Waals surface area contributed by atoms with E-state index in [0.717, 1.165) is 24.8 Å². The molecule has 0 aliphatic heterocycles. The number of hydrogen-bond acceptors (Lipinski definition) is 0. The lowest BCUT2D eigenvalue weighted by molar-refractivity contribution is -0.134. The van der Waals surface area contributed by atoms with E-state index in [1.54, 1.807) is 0 Å². The Kier molecular flexibility index (Phi) is 3.81. The fourth-order valence-corrected chi connectivity index (χ4v) is 2.92. The zero-order valence-corrected chi connectivity index (χ0v) is 10.9. The van der Waals surface area contributed by atoms with Crippen molar-refractivity contribution in [2.24, 2.45) is 0 Å². The second-order valence-corrected chi connectivity index (χ2v) is 5.63. The molecule has 2 rings (SSSR count). The Morgan fingerprint density at radius 2 is 1.76 bits per heavy atom. The standard InChI is InChI=1S/C13H14BrF3/c14-12(8-13(15,16)17)11-6-5-9-3-1-2-4-10(9)7-11/h5-7,12H,1-4,8H2. The van der Waals surface area contributed by atoms with Gasteiger partial charge in [-0.25, -0.2) is 0 Å². The number of hydrogen-bond donors (Lipinski definition) is 0. The van der Waals surface area contributed by atoms with Crippen LogP contribution in [0.25, 0.3) is 0 Å². The van der Waals surface area contributed by atoms with Gasteiger partial charge in [0.25, 0.3) is 0 Å². The molecule has 0 amide bonds. The number of halogens is 4. The largest absolute Gasteiger partial charge is 0.390 e. The summed E-state index contributed by atoms with van der Waals surface area (Å²) < 4.78 is 36.9. The highest BCUT2D eigenvalue weighted by molar-refractivity contribution is 9.09. The first-order valence-electron chi connectivity index (χ1n) is 5.78. The Morgan fingerprint density at radius 1 is 1.12 bits per heavy atom. The zero-order chi connectivity index (χ0) is 12.5. The van der Waals surface area contributed by atoms with Gasteiger partial charge in [-0.2, -0.15) is 13.2 Å². The van der Waals surface area contributed by atoms with Crippen molar-refractivity contribution in [2.75, 3.05) is 0 Å². The first-order chi connectivity index (χ1) is 7.96. The smallest absolute Gasteiger partial charge is 0.171 e. The normalized spacial score (nSPS) is 17.6. The topological polar surface area (TPSA) is 0 Å². The summed E-state index contributed by atoms with van der Waals surface area (Å²) in [5, 5.41) is 0. The van der Waals surface area contributed by atoms with Gasteiger partial charge < -0.3 is 0 Å². The molecule has 1 aromatic carbocycles. The van der Waals surface area contributed by atoms with Crippen LogP contribution >= 0.6 is 15.9 Å². The zero-order valence-electron chi connectivity index (χ0n) is 9.36. The van der Waals surface area contributed by atoms with E-state index >= 15 is 0 Å². The molecule has 1 atom stereocenters. The van der Waals surface area contributed by atoms with Gasteiger partial charge in [-0.3, -0.25) is 0 Å². The monoisotopic (exact) mass is 306 g/mol. The van der Waals surface area contributed by atoms with Crippen molar-refractivity contribution in [2.45, 2.75) is 43.1 Å². The molecule has 0 nitrogen and oxygen atoms in total. The molecule has 1 aromatic rings. The van der Waals surface area contributed by atoms with Gasteiger partial charge in [0.2, 0.25) is 0 Å². The molecule has 4 heteroatoms. The van der Waals surface area contributed by atoms with E-state index in [1.165, 1.54) is 17.5 Å². The summed E-state index contributed by atoms with van der Waals surface area (Å²) in [6, 6.07) is 5.73. The molecule has 1 unspecified atom stereocenters. The van der Waals surface area contributed by atoms with Crippen molar-refractivity contribution < 1.29 is 13.2 Å². The minimum atomic E-state index is -4.12. The molecule has 0 N–H and O–H groups in total. The average Bonchev–Trinajstić information content (AvgIpc) is 2.26. The third kappa shape index (κ3) is 3.47. The maximum atomic E-state index is 12.3.